The van der Waals surface area contributed by atoms with Gasteiger partial charge >= 0.3 is 0 Å². The molecule has 0 amide bonds. The number of benzene rings is 1. The van der Waals surface area contributed by atoms with Gasteiger partial charge in [0.15, 0.2) is 0 Å². The first-order chi connectivity index (χ1) is 9.31. The van der Waals surface area contributed by atoms with Gasteiger partial charge in [-0.2, -0.15) is 5.10 Å². The summed E-state index contributed by atoms with van der Waals surface area (Å²) >= 11 is 0. The molecule has 0 N–H and O–H groups in total. The second kappa shape index (κ2) is 5.10. The standard InChI is InChI=1S/C15H16N4/c1-18-11-15(9-17-18)14-5-3-13(4-6-14)10-19-8-2-7-16-12-19/h2-9,11H,10,12H2,1H3. The third-order valence-electron chi connectivity index (χ3n) is 3.13. The second-order valence-electron chi connectivity index (χ2n) is 4.66. The van der Waals surface area contributed by atoms with Crippen molar-refractivity contribution in [3.63, 3.8) is 0 Å². The van der Waals surface area contributed by atoms with Crippen LogP contribution in [0.4, 0.5) is 0 Å². The smallest absolute Gasteiger partial charge is 0.110 e. The van der Waals surface area contributed by atoms with Crippen molar-refractivity contribution in [1.29, 1.82) is 0 Å². The van der Waals surface area contributed by atoms with E-state index in [1.54, 1.807) is 0 Å². The number of aliphatic imine (C=N–C) groups is 1. The molecule has 0 bridgehead atoms. The molecule has 0 radical (unpaired) electrons. The molecule has 0 unspecified atom stereocenters. The maximum absolute atomic E-state index is 4.23. The molecule has 2 aromatic rings. The molecule has 2 heterocycles. The zero-order valence-corrected chi connectivity index (χ0v) is 10.9. The van der Waals surface area contributed by atoms with E-state index in [0.717, 1.165) is 18.8 Å². The van der Waals surface area contributed by atoms with Crippen LogP contribution < -0.4 is 0 Å². The molecule has 4 nitrogen and oxygen atoms in total. The highest BCUT2D eigenvalue weighted by atomic mass is 15.2. The normalized spacial score (nSPS) is 14.1. The predicted octanol–water partition coefficient (Wildman–Crippen LogP) is 2.44. The van der Waals surface area contributed by atoms with Crippen LogP contribution in [0.5, 0.6) is 0 Å². The average Bonchev–Trinajstić information content (AvgIpc) is 2.87. The van der Waals surface area contributed by atoms with Gasteiger partial charge in [0, 0.05) is 37.8 Å². The van der Waals surface area contributed by atoms with Crippen molar-refractivity contribution in [3.05, 3.63) is 54.5 Å². The average molecular weight is 252 g/mol. The first kappa shape index (κ1) is 11.7. The van der Waals surface area contributed by atoms with E-state index in [0.29, 0.717) is 0 Å². The van der Waals surface area contributed by atoms with Gasteiger partial charge in [-0.25, -0.2) is 0 Å². The van der Waals surface area contributed by atoms with Gasteiger partial charge < -0.3 is 4.90 Å². The fourth-order valence-electron chi connectivity index (χ4n) is 2.13. The highest BCUT2D eigenvalue weighted by Gasteiger charge is 2.04. The lowest BCUT2D eigenvalue weighted by Gasteiger charge is -2.19. The van der Waals surface area contributed by atoms with Crippen LogP contribution in [0.1, 0.15) is 5.56 Å². The summed E-state index contributed by atoms with van der Waals surface area (Å²) in [5.41, 5.74) is 3.63. The SMILES string of the molecule is Cn1cc(-c2ccc(CN3C=CC=NC3)cc2)cn1. The van der Waals surface area contributed by atoms with Gasteiger partial charge in [0.05, 0.1) is 6.20 Å². The lowest BCUT2D eigenvalue weighted by atomic mass is 10.1. The number of allylic oxidation sites excluding steroid dienone is 1. The quantitative estimate of drug-likeness (QED) is 0.840. The summed E-state index contributed by atoms with van der Waals surface area (Å²) in [4.78, 5) is 6.41. The van der Waals surface area contributed by atoms with E-state index in [1.165, 1.54) is 11.1 Å². The van der Waals surface area contributed by atoms with Crippen LogP contribution in [0.25, 0.3) is 11.1 Å². The van der Waals surface area contributed by atoms with Crippen molar-refractivity contribution in [2.24, 2.45) is 12.0 Å². The lowest BCUT2D eigenvalue weighted by molar-refractivity contribution is 0.379. The second-order valence-corrected chi connectivity index (χ2v) is 4.66. The zero-order valence-electron chi connectivity index (χ0n) is 10.9. The molecule has 1 aliphatic heterocycles. The third-order valence-corrected chi connectivity index (χ3v) is 3.13. The van der Waals surface area contributed by atoms with Crippen LogP contribution in [0.3, 0.4) is 0 Å². The van der Waals surface area contributed by atoms with Crippen molar-refractivity contribution in [1.82, 2.24) is 14.7 Å². The van der Waals surface area contributed by atoms with Crippen molar-refractivity contribution in [2.75, 3.05) is 6.67 Å². The molecule has 1 aromatic carbocycles. The molecule has 96 valence electrons. The summed E-state index contributed by atoms with van der Waals surface area (Å²) in [7, 11) is 1.93. The van der Waals surface area contributed by atoms with Gasteiger partial charge in [0.2, 0.25) is 0 Å². The monoisotopic (exact) mass is 252 g/mol. The Hall–Kier alpha value is -2.36. The first-order valence-electron chi connectivity index (χ1n) is 6.30. The third kappa shape index (κ3) is 2.73. The number of hydrogen-bond donors (Lipinski definition) is 0. The Morgan fingerprint density at radius 1 is 1.16 bits per heavy atom. The maximum atomic E-state index is 4.23. The first-order valence-corrected chi connectivity index (χ1v) is 6.30. The maximum Gasteiger partial charge on any atom is 0.110 e. The Morgan fingerprint density at radius 3 is 2.63 bits per heavy atom. The molecule has 1 aliphatic rings. The number of aromatic nitrogens is 2. The van der Waals surface area contributed by atoms with Crippen LogP contribution in [0.2, 0.25) is 0 Å². The molecule has 0 saturated carbocycles. The number of nitrogens with zero attached hydrogens (tertiary/aromatic N) is 4. The van der Waals surface area contributed by atoms with Crippen molar-refractivity contribution in [3.8, 4) is 11.1 Å². The molecule has 3 rings (SSSR count). The van der Waals surface area contributed by atoms with Gasteiger partial charge in [0.1, 0.15) is 6.67 Å². The van der Waals surface area contributed by atoms with Gasteiger partial charge in [-0.1, -0.05) is 24.3 Å². The van der Waals surface area contributed by atoms with Crippen molar-refractivity contribution in [2.45, 2.75) is 6.54 Å². The topological polar surface area (TPSA) is 33.4 Å². The van der Waals surface area contributed by atoms with Gasteiger partial charge in [-0.15, -0.1) is 0 Å². The Bertz CT molecular complexity index is 607. The van der Waals surface area contributed by atoms with E-state index >= 15 is 0 Å². The van der Waals surface area contributed by atoms with Crippen LogP contribution in [-0.2, 0) is 13.6 Å². The van der Waals surface area contributed by atoms with Crippen LogP contribution in [-0.4, -0.2) is 27.6 Å². The largest absolute Gasteiger partial charge is 0.354 e. The Balaban J connectivity index is 1.72. The highest BCUT2D eigenvalue weighted by Crippen LogP contribution is 2.19. The van der Waals surface area contributed by atoms with Gasteiger partial charge in [-0.3, -0.25) is 9.67 Å². The number of aryl methyl sites for hydroxylation is 1. The minimum absolute atomic E-state index is 0.737. The van der Waals surface area contributed by atoms with E-state index in [2.05, 4.69) is 45.5 Å². The zero-order chi connectivity index (χ0) is 13.1. The number of hydrogen-bond acceptors (Lipinski definition) is 3. The molecule has 0 saturated heterocycles. The number of rotatable bonds is 3. The van der Waals surface area contributed by atoms with Gasteiger partial charge in [-0.05, 0) is 17.2 Å². The van der Waals surface area contributed by atoms with Crippen molar-refractivity contribution >= 4 is 6.21 Å². The van der Waals surface area contributed by atoms with E-state index in [1.807, 2.05) is 36.4 Å². The molecule has 19 heavy (non-hydrogen) atoms. The van der Waals surface area contributed by atoms with E-state index in [4.69, 9.17) is 0 Å². The Labute approximate surface area is 112 Å². The fourth-order valence-corrected chi connectivity index (χ4v) is 2.13. The molecule has 1 aromatic heterocycles. The lowest BCUT2D eigenvalue weighted by Crippen LogP contribution is -2.18. The summed E-state index contributed by atoms with van der Waals surface area (Å²) in [6.07, 6.45) is 9.78. The van der Waals surface area contributed by atoms with E-state index < -0.39 is 0 Å². The summed E-state index contributed by atoms with van der Waals surface area (Å²) < 4.78 is 1.82. The van der Waals surface area contributed by atoms with Crippen LogP contribution in [0, 0.1) is 0 Å². The fraction of sp³-hybridized carbons (Fsp3) is 0.200. The van der Waals surface area contributed by atoms with E-state index in [-0.39, 0.29) is 0 Å². The molecule has 0 atom stereocenters. The Kier molecular flexibility index (Phi) is 3.14. The van der Waals surface area contributed by atoms with E-state index in [9.17, 15) is 0 Å². The summed E-state index contributed by atoms with van der Waals surface area (Å²) in [5, 5.41) is 4.19. The molecular formula is C15H16N4. The molecule has 0 spiro atoms. The minimum Gasteiger partial charge on any atom is -0.354 e. The summed E-state index contributed by atoms with van der Waals surface area (Å²) in [6, 6.07) is 8.61. The van der Waals surface area contributed by atoms with Crippen LogP contribution in [0.15, 0.2) is 53.9 Å². The molecule has 0 fully saturated rings. The molecular weight excluding hydrogens is 236 g/mol. The summed E-state index contributed by atoms with van der Waals surface area (Å²) in [6.45, 7) is 1.63. The van der Waals surface area contributed by atoms with Crippen molar-refractivity contribution < 1.29 is 0 Å². The predicted molar refractivity (Wildman–Crippen MR) is 76.7 cm³/mol. The molecule has 4 heteroatoms. The molecule has 0 aliphatic carbocycles. The minimum atomic E-state index is 0.737. The summed E-state index contributed by atoms with van der Waals surface area (Å²) in [5.74, 6) is 0. The Morgan fingerprint density at radius 2 is 2.00 bits per heavy atom. The van der Waals surface area contributed by atoms with Gasteiger partial charge in [0.25, 0.3) is 0 Å². The highest BCUT2D eigenvalue weighted by molar-refractivity contribution is 5.71. The van der Waals surface area contributed by atoms with Crippen LogP contribution >= 0.6 is 0 Å².